The van der Waals surface area contributed by atoms with E-state index in [4.69, 9.17) is 26.4 Å². The second-order valence-electron chi connectivity index (χ2n) is 4.95. The van der Waals surface area contributed by atoms with Crippen molar-refractivity contribution in [1.82, 2.24) is 0 Å². The van der Waals surface area contributed by atoms with Crippen molar-refractivity contribution in [2.24, 2.45) is 11.7 Å². The summed E-state index contributed by atoms with van der Waals surface area (Å²) in [4.78, 5) is 0. The smallest absolute Gasteiger partial charge is 0.163 e. The van der Waals surface area contributed by atoms with Gasteiger partial charge >= 0.3 is 0 Å². The molecule has 21 heavy (non-hydrogen) atoms. The Labute approximate surface area is 124 Å². The van der Waals surface area contributed by atoms with Crippen LogP contribution in [0.3, 0.4) is 0 Å². The van der Waals surface area contributed by atoms with E-state index < -0.39 is 0 Å². The lowest BCUT2D eigenvalue weighted by Gasteiger charge is -2.07. The molecule has 5 heteroatoms. The molecular formula is C16H18N4O. The van der Waals surface area contributed by atoms with Crippen molar-refractivity contribution in [3.05, 3.63) is 40.8 Å². The first kappa shape index (κ1) is 16.3. The second-order valence-corrected chi connectivity index (χ2v) is 4.95. The largest absolute Gasteiger partial charge is 0.454 e. The molecule has 2 rings (SSSR count). The molecular weight excluding hydrogens is 264 g/mol. The van der Waals surface area contributed by atoms with Crippen molar-refractivity contribution in [2.45, 2.75) is 26.7 Å². The van der Waals surface area contributed by atoms with Gasteiger partial charge in [-0.25, -0.2) is 0 Å². The number of nitrogens with two attached hydrogens (primary N) is 1. The molecule has 0 heterocycles. The van der Waals surface area contributed by atoms with Crippen LogP contribution in [0, 0.1) is 34.0 Å². The molecule has 108 valence electrons. The monoisotopic (exact) mass is 282 g/mol. The van der Waals surface area contributed by atoms with Crippen LogP contribution in [0.25, 0.3) is 0 Å². The SMILES string of the molecule is C/C(N)=C(/C=N)Oc1cc(C#N)cc(C#N)c1.CC1CC1. The van der Waals surface area contributed by atoms with E-state index in [0.29, 0.717) is 22.6 Å². The van der Waals surface area contributed by atoms with Gasteiger partial charge in [0.15, 0.2) is 5.76 Å². The Kier molecular flexibility index (Phi) is 5.98. The van der Waals surface area contributed by atoms with Gasteiger partial charge in [0, 0.05) is 5.70 Å². The van der Waals surface area contributed by atoms with Gasteiger partial charge in [0.25, 0.3) is 0 Å². The number of nitriles is 2. The van der Waals surface area contributed by atoms with Crippen LogP contribution in [0.2, 0.25) is 0 Å². The number of allylic oxidation sites excluding steroid dienone is 2. The van der Waals surface area contributed by atoms with Gasteiger partial charge in [-0.15, -0.1) is 0 Å². The predicted octanol–water partition coefficient (Wildman–Crippen LogP) is 3.06. The maximum absolute atomic E-state index is 8.79. The molecule has 1 aliphatic rings. The van der Waals surface area contributed by atoms with Gasteiger partial charge in [-0.05, 0) is 31.0 Å². The topological polar surface area (TPSA) is 107 Å². The Balaban J connectivity index is 0.000000471. The van der Waals surface area contributed by atoms with Crippen molar-refractivity contribution >= 4 is 6.21 Å². The van der Waals surface area contributed by atoms with E-state index in [1.807, 2.05) is 12.1 Å². The van der Waals surface area contributed by atoms with Crippen LogP contribution in [-0.4, -0.2) is 6.21 Å². The molecule has 0 amide bonds. The number of rotatable bonds is 3. The van der Waals surface area contributed by atoms with E-state index in [2.05, 4.69) is 6.92 Å². The fourth-order valence-electron chi connectivity index (χ4n) is 1.30. The molecule has 0 saturated heterocycles. The summed E-state index contributed by atoms with van der Waals surface area (Å²) < 4.78 is 5.32. The third-order valence-electron chi connectivity index (χ3n) is 2.78. The Morgan fingerprint density at radius 2 is 1.76 bits per heavy atom. The van der Waals surface area contributed by atoms with Gasteiger partial charge in [0.2, 0.25) is 0 Å². The maximum Gasteiger partial charge on any atom is 0.163 e. The molecule has 0 bridgehead atoms. The van der Waals surface area contributed by atoms with Crippen LogP contribution in [0.15, 0.2) is 29.7 Å². The van der Waals surface area contributed by atoms with Gasteiger partial charge in [0.05, 0.1) is 29.5 Å². The van der Waals surface area contributed by atoms with Crippen molar-refractivity contribution in [3.8, 4) is 17.9 Å². The van der Waals surface area contributed by atoms with Gasteiger partial charge < -0.3 is 15.9 Å². The molecule has 0 unspecified atom stereocenters. The lowest BCUT2D eigenvalue weighted by molar-refractivity contribution is 0.449. The zero-order valence-corrected chi connectivity index (χ0v) is 12.2. The van der Waals surface area contributed by atoms with Gasteiger partial charge in [-0.3, -0.25) is 0 Å². The first-order valence-electron chi connectivity index (χ1n) is 6.60. The molecule has 3 N–H and O–H groups in total. The average Bonchev–Trinajstić information content (AvgIpc) is 3.26. The molecule has 0 aliphatic heterocycles. The highest BCUT2D eigenvalue weighted by atomic mass is 16.5. The highest BCUT2D eigenvalue weighted by molar-refractivity contribution is 5.74. The van der Waals surface area contributed by atoms with Crippen LogP contribution < -0.4 is 10.5 Å². The maximum atomic E-state index is 8.79. The Bertz CT molecular complexity index is 594. The highest BCUT2D eigenvalue weighted by Crippen LogP contribution is 2.26. The number of ether oxygens (including phenoxy) is 1. The quantitative estimate of drug-likeness (QED) is 0.656. The summed E-state index contributed by atoms with van der Waals surface area (Å²) in [5.74, 6) is 1.58. The first-order valence-corrected chi connectivity index (χ1v) is 6.60. The van der Waals surface area contributed by atoms with Crippen LogP contribution in [-0.2, 0) is 0 Å². The number of hydrogen-bond acceptors (Lipinski definition) is 5. The minimum Gasteiger partial charge on any atom is -0.454 e. The standard InChI is InChI=1S/C12H10N4O.C4H8/c1-8(16)12(7-15)17-11-3-9(5-13)2-10(4-11)6-14;1-4-2-3-4/h2-4,7,15H,16H2,1H3;4H,2-3H2,1H3/b12-8+,15-7?;. The first-order chi connectivity index (χ1) is 9.99. The van der Waals surface area contributed by atoms with E-state index in [1.165, 1.54) is 31.0 Å². The Morgan fingerprint density at radius 1 is 1.29 bits per heavy atom. The number of hydrogen-bond donors (Lipinski definition) is 2. The summed E-state index contributed by atoms with van der Waals surface area (Å²) >= 11 is 0. The molecule has 0 spiro atoms. The van der Waals surface area contributed by atoms with Crippen LogP contribution in [0.1, 0.15) is 37.8 Å². The van der Waals surface area contributed by atoms with E-state index >= 15 is 0 Å². The highest BCUT2D eigenvalue weighted by Gasteiger charge is 2.12. The van der Waals surface area contributed by atoms with Crippen molar-refractivity contribution in [3.63, 3.8) is 0 Å². The number of nitrogens with one attached hydrogen (secondary N) is 1. The molecule has 1 aromatic carbocycles. The summed E-state index contributed by atoms with van der Waals surface area (Å²) in [6, 6.07) is 8.27. The second kappa shape index (κ2) is 7.72. The van der Waals surface area contributed by atoms with E-state index in [9.17, 15) is 0 Å². The predicted molar refractivity (Wildman–Crippen MR) is 80.6 cm³/mol. The minimum absolute atomic E-state index is 0.184. The molecule has 1 aliphatic carbocycles. The van der Waals surface area contributed by atoms with Crippen molar-refractivity contribution in [1.29, 1.82) is 15.9 Å². The molecule has 1 saturated carbocycles. The third kappa shape index (κ3) is 5.80. The molecule has 1 fully saturated rings. The van der Waals surface area contributed by atoms with E-state index in [1.54, 1.807) is 6.92 Å². The van der Waals surface area contributed by atoms with Crippen LogP contribution >= 0.6 is 0 Å². The summed E-state index contributed by atoms with van der Waals surface area (Å²) in [5, 5.41) is 24.7. The van der Waals surface area contributed by atoms with Gasteiger partial charge in [-0.1, -0.05) is 19.8 Å². The van der Waals surface area contributed by atoms with Crippen LogP contribution in [0.4, 0.5) is 0 Å². The fourth-order valence-corrected chi connectivity index (χ4v) is 1.30. The van der Waals surface area contributed by atoms with Crippen molar-refractivity contribution in [2.75, 3.05) is 0 Å². The fraction of sp³-hybridized carbons (Fsp3) is 0.312. The third-order valence-corrected chi connectivity index (χ3v) is 2.78. The normalized spacial score (nSPS) is 13.7. The summed E-state index contributed by atoms with van der Waals surface area (Å²) in [6.07, 6.45) is 3.94. The van der Waals surface area contributed by atoms with Gasteiger partial charge in [-0.2, -0.15) is 10.5 Å². The average molecular weight is 282 g/mol. The molecule has 0 aromatic heterocycles. The summed E-state index contributed by atoms with van der Waals surface area (Å²) in [6.45, 7) is 3.87. The van der Waals surface area contributed by atoms with E-state index in [-0.39, 0.29) is 5.76 Å². The number of benzene rings is 1. The minimum atomic E-state index is 0.184. The zero-order chi connectivity index (χ0) is 15.8. The Hall–Kier alpha value is -2.79. The number of nitrogens with zero attached hydrogens (tertiary/aromatic N) is 2. The Morgan fingerprint density at radius 3 is 2.05 bits per heavy atom. The zero-order valence-electron chi connectivity index (χ0n) is 12.2. The molecule has 5 nitrogen and oxygen atoms in total. The van der Waals surface area contributed by atoms with Crippen molar-refractivity contribution < 1.29 is 4.74 Å². The molecule has 0 radical (unpaired) electrons. The lowest BCUT2D eigenvalue weighted by atomic mass is 10.1. The summed E-state index contributed by atoms with van der Waals surface area (Å²) in [5.41, 5.74) is 6.49. The molecule has 0 atom stereocenters. The molecule has 1 aromatic rings. The lowest BCUT2D eigenvalue weighted by Crippen LogP contribution is -2.06. The van der Waals surface area contributed by atoms with E-state index in [0.717, 1.165) is 12.1 Å². The van der Waals surface area contributed by atoms with Gasteiger partial charge in [0.1, 0.15) is 5.75 Å². The van der Waals surface area contributed by atoms with Crippen LogP contribution in [0.5, 0.6) is 5.75 Å². The summed E-state index contributed by atoms with van der Waals surface area (Å²) in [7, 11) is 0.